The highest BCUT2D eigenvalue weighted by Crippen LogP contribution is 2.22. The van der Waals surface area contributed by atoms with Gasteiger partial charge in [-0.15, -0.1) is 0 Å². The van der Waals surface area contributed by atoms with E-state index in [1.165, 1.54) is 6.26 Å². The molecule has 23 heavy (non-hydrogen) atoms. The minimum atomic E-state index is -0.178. The van der Waals surface area contributed by atoms with Crippen molar-refractivity contribution in [1.29, 1.82) is 0 Å². The van der Waals surface area contributed by atoms with Crippen LogP contribution in [0.1, 0.15) is 27.7 Å². The van der Waals surface area contributed by atoms with Crippen molar-refractivity contribution in [1.82, 2.24) is 10.2 Å². The molecule has 1 unspecified atom stereocenters. The van der Waals surface area contributed by atoms with Gasteiger partial charge >= 0.3 is 0 Å². The van der Waals surface area contributed by atoms with Gasteiger partial charge in [-0.1, -0.05) is 12.1 Å². The average molecular weight is 317 g/mol. The van der Waals surface area contributed by atoms with Gasteiger partial charge in [-0.05, 0) is 37.9 Å². The Morgan fingerprint density at radius 3 is 2.78 bits per heavy atom. The van der Waals surface area contributed by atoms with Crippen molar-refractivity contribution in [3.8, 4) is 5.75 Å². The van der Waals surface area contributed by atoms with Gasteiger partial charge in [-0.2, -0.15) is 0 Å². The highest BCUT2D eigenvalue weighted by atomic mass is 16.5. The maximum Gasteiger partial charge on any atom is 0.254 e. The smallest absolute Gasteiger partial charge is 0.254 e. The second kappa shape index (κ2) is 7.80. The van der Waals surface area contributed by atoms with E-state index in [1.807, 2.05) is 38.4 Å². The van der Waals surface area contributed by atoms with Crippen LogP contribution in [-0.2, 0) is 6.54 Å². The molecular weight excluding hydrogens is 294 g/mol. The SMILES string of the molecule is COc1cccc(C(CNC(=O)c2coc(CN)c2)N(C)C)c1. The minimum absolute atomic E-state index is 0.0370. The van der Waals surface area contributed by atoms with Gasteiger partial charge < -0.3 is 25.1 Å². The van der Waals surface area contributed by atoms with E-state index in [4.69, 9.17) is 14.9 Å². The number of hydrogen-bond acceptors (Lipinski definition) is 5. The van der Waals surface area contributed by atoms with Crippen molar-refractivity contribution >= 4 is 5.91 Å². The summed E-state index contributed by atoms with van der Waals surface area (Å²) in [6, 6.07) is 9.52. The summed E-state index contributed by atoms with van der Waals surface area (Å²) in [6.07, 6.45) is 1.42. The third kappa shape index (κ3) is 4.34. The molecule has 0 saturated carbocycles. The largest absolute Gasteiger partial charge is 0.497 e. The van der Waals surface area contributed by atoms with Gasteiger partial charge in [0.1, 0.15) is 17.8 Å². The standard InChI is InChI=1S/C17H23N3O3/c1-20(2)16(12-5-4-6-14(7-12)22-3)10-19-17(21)13-8-15(9-18)23-11-13/h4-8,11,16H,9-10,18H2,1-3H3,(H,19,21). The van der Waals surface area contributed by atoms with Gasteiger partial charge in [0, 0.05) is 6.54 Å². The Morgan fingerprint density at radius 2 is 2.17 bits per heavy atom. The van der Waals surface area contributed by atoms with E-state index < -0.39 is 0 Å². The number of nitrogens with two attached hydrogens (primary N) is 1. The number of carbonyl (C=O) groups excluding carboxylic acids is 1. The fraction of sp³-hybridized carbons (Fsp3) is 0.353. The fourth-order valence-electron chi connectivity index (χ4n) is 2.35. The average Bonchev–Trinajstić information content (AvgIpc) is 3.04. The Kier molecular flexibility index (Phi) is 5.78. The molecule has 1 atom stereocenters. The van der Waals surface area contributed by atoms with E-state index in [9.17, 15) is 4.79 Å². The van der Waals surface area contributed by atoms with Gasteiger partial charge in [-0.25, -0.2) is 0 Å². The van der Waals surface area contributed by atoms with Gasteiger partial charge in [0.2, 0.25) is 0 Å². The predicted molar refractivity (Wildman–Crippen MR) is 88.4 cm³/mol. The highest BCUT2D eigenvalue weighted by Gasteiger charge is 2.17. The van der Waals surface area contributed by atoms with E-state index in [0.717, 1.165) is 11.3 Å². The van der Waals surface area contributed by atoms with Crippen LogP contribution in [0.2, 0.25) is 0 Å². The number of rotatable bonds is 7. The molecule has 1 heterocycles. The molecule has 0 aliphatic heterocycles. The molecule has 0 radical (unpaired) electrons. The number of methoxy groups -OCH3 is 1. The summed E-state index contributed by atoms with van der Waals surface area (Å²) in [4.78, 5) is 14.3. The zero-order chi connectivity index (χ0) is 16.8. The van der Waals surface area contributed by atoms with Crippen LogP contribution in [0.25, 0.3) is 0 Å². The Bertz CT molecular complexity index is 652. The van der Waals surface area contributed by atoms with Gasteiger partial charge in [0.25, 0.3) is 5.91 Å². The summed E-state index contributed by atoms with van der Waals surface area (Å²) >= 11 is 0. The Labute approximate surface area is 136 Å². The van der Waals surface area contributed by atoms with Crippen LogP contribution in [0.5, 0.6) is 5.75 Å². The maximum absolute atomic E-state index is 12.2. The molecule has 0 aliphatic carbocycles. The van der Waals surface area contributed by atoms with Crippen LogP contribution in [-0.4, -0.2) is 38.6 Å². The summed E-state index contributed by atoms with van der Waals surface area (Å²) in [5.41, 5.74) is 7.04. The fourth-order valence-corrected chi connectivity index (χ4v) is 2.35. The van der Waals surface area contributed by atoms with E-state index in [0.29, 0.717) is 17.9 Å². The molecule has 0 aliphatic rings. The second-order valence-electron chi connectivity index (χ2n) is 5.47. The molecule has 2 rings (SSSR count). The Hall–Kier alpha value is -2.31. The molecule has 0 fully saturated rings. The molecule has 6 nitrogen and oxygen atoms in total. The first-order chi connectivity index (χ1) is 11.0. The van der Waals surface area contributed by atoms with E-state index in [-0.39, 0.29) is 18.5 Å². The lowest BCUT2D eigenvalue weighted by atomic mass is 10.1. The van der Waals surface area contributed by atoms with Crippen molar-refractivity contribution in [2.24, 2.45) is 5.73 Å². The monoisotopic (exact) mass is 317 g/mol. The second-order valence-corrected chi connectivity index (χ2v) is 5.47. The molecule has 1 amide bonds. The lowest BCUT2D eigenvalue weighted by Gasteiger charge is -2.25. The molecule has 6 heteroatoms. The molecule has 3 N–H and O–H groups in total. The molecular formula is C17H23N3O3. The normalized spacial score (nSPS) is 12.2. The van der Waals surface area contributed by atoms with Crippen LogP contribution >= 0.6 is 0 Å². The number of ether oxygens (including phenoxy) is 1. The predicted octanol–water partition coefficient (Wildman–Crippen LogP) is 1.78. The van der Waals surface area contributed by atoms with Crippen LogP contribution in [0, 0.1) is 0 Å². The summed E-state index contributed by atoms with van der Waals surface area (Å²) in [5, 5.41) is 2.93. The van der Waals surface area contributed by atoms with Gasteiger partial charge in [0.15, 0.2) is 0 Å². The van der Waals surface area contributed by atoms with Crippen molar-refractivity contribution in [2.45, 2.75) is 12.6 Å². The quantitative estimate of drug-likeness (QED) is 0.813. The molecule has 1 aromatic carbocycles. The number of hydrogen-bond donors (Lipinski definition) is 2. The first-order valence-electron chi connectivity index (χ1n) is 7.41. The third-order valence-electron chi connectivity index (χ3n) is 3.68. The van der Waals surface area contributed by atoms with E-state index >= 15 is 0 Å². The van der Waals surface area contributed by atoms with Crippen molar-refractivity contribution in [2.75, 3.05) is 27.7 Å². The molecule has 2 aromatic rings. The summed E-state index contributed by atoms with van der Waals surface area (Å²) in [7, 11) is 5.58. The highest BCUT2D eigenvalue weighted by molar-refractivity contribution is 5.94. The number of carbonyl (C=O) groups is 1. The Balaban J connectivity index is 2.06. The number of amides is 1. The van der Waals surface area contributed by atoms with Crippen LogP contribution in [0.4, 0.5) is 0 Å². The van der Waals surface area contributed by atoms with Gasteiger partial charge in [0.05, 0.1) is 25.3 Å². The van der Waals surface area contributed by atoms with Crippen molar-refractivity contribution < 1.29 is 13.9 Å². The van der Waals surface area contributed by atoms with Crippen LogP contribution in [0.3, 0.4) is 0 Å². The number of benzene rings is 1. The topological polar surface area (TPSA) is 80.7 Å². The number of nitrogens with one attached hydrogen (secondary N) is 1. The zero-order valence-corrected chi connectivity index (χ0v) is 13.7. The Morgan fingerprint density at radius 1 is 1.39 bits per heavy atom. The van der Waals surface area contributed by atoms with E-state index in [2.05, 4.69) is 10.2 Å². The molecule has 1 aromatic heterocycles. The summed E-state index contributed by atoms with van der Waals surface area (Å²) in [5.74, 6) is 1.21. The first kappa shape index (κ1) is 17.1. The summed E-state index contributed by atoms with van der Waals surface area (Å²) < 4.78 is 10.5. The van der Waals surface area contributed by atoms with Crippen LogP contribution < -0.4 is 15.8 Å². The third-order valence-corrected chi connectivity index (χ3v) is 3.68. The lowest BCUT2D eigenvalue weighted by molar-refractivity contribution is 0.0941. The molecule has 0 saturated heterocycles. The molecule has 0 bridgehead atoms. The summed E-state index contributed by atoms with van der Waals surface area (Å²) in [6.45, 7) is 0.750. The van der Waals surface area contributed by atoms with Crippen molar-refractivity contribution in [3.05, 3.63) is 53.5 Å². The maximum atomic E-state index is 12.2. The van der Waals surface area contributed by atoms with Gasteiger partial charge in [-0.3, -0.25) is 4.79 Å². The molecule has 124 valence electrons. The zero-order valence-electron chi connectivity index (χ0n) is 13.7. The molecule has 0 spiro atoms. The minimum Gasteiger partial charge on any atom is -0.497 e. The van der Waals surface area contributed by atoms with Crippen LogP contribution in [0.15, 0.2) is 41.0 Å². The van der Waals surface area contributed by atoms with Crippen molar-refractivity contribution in [3.63, 3.8) is 0 Å². The van der Waals surface area contributed by atoms with E-state index in [1.54, 1.807) is 13.2 Å². The lowest BCUT2D eigenvalue weighted by Crippen LogP contribution is -2.34. The first-order valence-corrected chi connectivity index (χ1v) is 7.41. The number of likely N-dealkylation sites (N-methyl/N-ethyl adjacent to an activating group) is 1. The number of nitrogens with zero attached hydrogens (tertiary/aromatic N) is 1. The number of furan rings is 1.